The van der Waals surface area contributed by atoms with E-state index in [9.17, 15) is 9.90 Å². The van der Waals surface area contributed by atoms with Gasteiger partial charge in [-0.2, -0.15) is 11.3 Å². The fraction of sp³-hybridized carbons (Fsp3) is 0.458. The summed E-state index contributed by atoms with van der Waals surface area (Å²) in [7, 11) is 0. The lowest BCUT2D eigenvalue weighted by atomic mass is 9.71. The molecular weight excluding hydrogens is 396 g/mol. The Kier molecular flexibility index (Phi) is 5.39. The Bertz CT molecular complexity index is 932. The van der Waals surface area contributed by atoms with E-state index < -0.39 is 6.10 Å². The lowest BCUT2D eigenvalue weighted by Gasteiger charge is -2.49. The fourth-order valence-corrected chi connectivity index (χ4v) is 5.80. The number of rotatable bonds is 3. The first-order valence-electron chi connectivity index (χ1n) is 10.7. The number of piperidine rings is 2. The summed E-state index contributed by atoms with van der Waals surface area (Å²) in [5.74, 6) is 1.02. The smallest absolute Gasteiger partial charge is 0.254 e. The monoisotopic (exact) mass is 424 g/mol. The van der Waals surface area contributed by atoms with Crippen LogP contribution < -0.4 is 4.74 Å². The number of hydrogen-bond acceptors (Lipinski definition) is 5. The van der Waals surface area contributed by atoms with Gasteiger partial charge in [0.25, 0.3) is 5.91 Å². The van der Waals surface area contributed by atoms with Gasteiger partial charge in [0.05, 0.1) is 11.7 Å². The largest absolute Gasteiger partial charge is 0.489 e. The van der Waals surface area contributed by atoms with Crippen LogP contribution in [0.25, 0.3) is 6.08 Å². The van der Waals surface area contributed by atoms with Crippen LogP contribution in [0.5, 0.6) is 5.75 Å². The third-order valence-electron chi connectivity index (χ3n) is 6.72. The maximum Gasteiger partial charge on any atom is 0.254 e. The first-order chi connectivity index (χ1) is 14.6. The van der Waals surface area contributed by atoms with Crippen molar-refractivity contribution in [2.75, 3.05) is 39.3 Å². The van der Waals surface area contributed by atoms with Gasteiger partial charge in [0.15, 0.2) is 0 Å². The van der Waals surface area contributed by atoms with Crippen molar-refractivity contribution in [3.05, 3.63) is 57.8 Å². The molecule has 0 aliphatic carbocycles. The number of carbonyl (C=O) groups excluding carboxylic acids is 1. The van der Waals surface area contributed by atoms with Gasteiger partial charge in [-0.1, -0.05) is 18.2 Å². The topological polar surface area (TPSA) is 53.0 Å². The second kappa shape index (κ2) is 8.17. The molecule has 1 spiro atoms. The number of fused-ring (bicyclic) bond motifs is 1. The van der Waals surface area contributed by atoms with E-state index >= 15 is 0 Å². The van der Waals surface area contributed by atoms with Crippen molar-refractivity contribution in [1.29, 1.82) is 0 Å². The molecule has 6 heteroatoms. The zero-order valence-electron chi connectivity index (χ0n) is 17.1. The number of thiophene rings is 1. The predicted molar refractivity (Wildman–Crippen MR) is 119 cm³/mol. The highest BCUT2D eigenvalue weighted by molar-refractivity contribution is 7.08. The molecule has 1 amide bonds. The second-order valence-electron chi connectivity index (χ2n) is 8.96. The fourth-order valence-electron chi connectivity index (χ4n) is 5.17. The van der Waals surface area contributed by atoms with Crippen LogP contribution in [-0.4, -0.2) is 66.2 Å². The number of nitrogens with zero attached hydrogens (tertiary/aromatic N) is 2. The van der Waals surface area contributed by atoms with E-state index in [2.05, 4.69) is 17.0 Å². The molecule has 0 bridgehead atoms. The van der Waals surface area contributed by atoms with Gasteiger partial charge in [-0.25, -0.2) is 0 Å². The van der Waals surface area contributed by atoms with Crippen LogP contribution in [0, 0.1) is 5.41 Å². The number of amides is 1. The Labute approximate surface area is 181 Å². The number of aliphatic hydroxyl groups excluding tert-OH is 1. The van der Waals surface area contributed by atoms with Crippen molar-refractivity contribution >= 4 is 23.3 Å². The second-order valence-corrected chi connectivity index (χ2v) is 9.74. The highest BCUT2D eigenvalue weighted by Crippen LogP contribution is 2.40. The van der Waals surface area contributed by atoms with E-state index in [0.717, 1.165) is 62.3 Å². The number of ether oxygens (including phenoxy) is 1. The molecule has 5 nitrogen and oxygen atoms in total. The van der Waals surface area contributed by atoms with Crippen LogP contribution in [0.15, 0.2) is 46.7 Å². The Morgan fingerprint density at radius 3 is 2.87 bits per heavy atom. The molecule has 0 saturated carbocycles. The molecule has 3 aliphatic heterocycles. The summed E-state index contributed by atoms with van der Waals surface area (Å²) in [6, 6.07) is 10.0. The number of para-hydroxylation sites is 1. The third kappa shape index (κ3) is 4.04. The van der Waals surface area contributed by atoms with Crippen LogP contribution in [0.4, 0.5) is 0 Å². The van der Waals surface area contributed by atoms with Crippen LogP contribution in [0.1, 0.15) is 35.2 Å². The quantitative estimate of drug-likeness (QED) is 0.819. The number of β-amino-alcohol motifs (C(OH)–C–C–N with tert-alkyl or cyclic N) is 1. The maximum absolute atomic E-state index is 12.8. The van der Waals surface area contributed by atoms with Crippen molar-refractivity contribution in [2.45, 2.75) is 25.4 Å². The normalized spacial score (nSPS) is 23.6. The minimum atomic E-state index is -0.432. The van der Waals surface area contributed by atoms with E-state index in [0.29, 0.717) is 13.2 Å². The number of aliphatic hydroxyl groups is 1. The highest BCUT2D eigenvalue weighted by Gasteiger charge is 2.43. The molecule has 0 radical (unpaired) electrons. The Hall–Kier alpha value is -2.15. The van der Waals surface area contributed by atoms with E-state index in [1.807, 2.05) is 39.9 Å². The van der Waals surface area contributed by atoms with E-state index in [4.69, 9.17) is 4.74 Å². The molecule has 2 fully saturated rings. The number of carbonyl (C=O) groups is 1. The number of likely N-dealkylation sites (tertiary alicyclic amines) is 2. The molecule has 1 aromatic carbocycles. The van der Waals surface area contributed by atoms with Gasteiger partial charge in [-0.05, 0) is 66.9 Å². The highest BCUT2D eigenvalue weighted by atomic mass is 32.1. The molecule has 4 heterocycles. The molecule has 2 saturated heterocycles. The number of hydrogen-bond donors (Lipinski definition) is 1. The lowest BCUT2D eigenvalue weighted by Crippen LogP contribution is -2.55. The molecular formula is C24H28N2O3S. The maximum atomic E-state index is 12.8. The summed E-state index contributed by atoms with van der Waals surface area (Å²) in [6.45, 7) is 4.76. The molecule has 1 atom stereocenters. The third-order valence-corrected chi connectivity index (χ3v) is 7.40. The summed E-state index contributed by atoms with van der Waals surface area (Å²) in [5.41, 5.74) is 3.24. The average Bonchev–Trinajstić information content (AvgIpc) is 3.29. The van der Waals surface area contributed by atoms with Crippen LogP contribution in [-0.2, 0) is 0 Å². The van der Waals surface area contributed by atoms with Crippen LogP contribution >= 0.6 is 11.3 Å². The average molecular weight is 425 g/mol. The van der Waals surface area contributed by atoms with Crippen molar-refractivity contribution < 1.29 is 14.6 Å². The van der Waals surface area contributed by atoms with E-state index in [1.54, 1.807) is 11.3 Å². The molecule has 1 aromatic heterocycles. The molecule has 3 aliphatic rings. The van der Waals surface area contributed by atoms with Gasteiger partial charge in [-0.3, -0.25) is 9.69 Å². The molecule has 30 heavy (non-hydrogen) atoms. The zero-order chi connectivity index (χ0) is 20.6. The number of benzene rings is 1. The van der Waals surface area contributed by atoms with Crippen molar-refractivity contribution in [2.24, 2.45) is 5.41 Å². The molecule has 1 N–H and O–H groups in total. The summed E-state index contributed by atoms with van der Waals surface area (Å²) in [6.07, 6.45) is 4.66. The molecule has 1 unspecified atom stereocenters. The molecule has 5 rings (SSSR count). The van der Waals surface area contributed by atoms with E-state index in [1.165, 1.54) is 5.57 Å². The predicted octanol–water partition coefficient (Wildman–Crippen LogP) is 3.51. The zero-order valence-corrected chi connectivity index (χ0v) is 17.9. The minimum Gasteiger partial charge on any atom is -0.489 e. The summed E-state index contributed by atoms with van der Waals surface area (Å²) in [5, 5.41) is 14.4. The molecule has 158 valence electrons. The SMILES string of the molecule is O=C(c1ccsc1)N1CC(O)CC2(CCN(CC3=Cc4ccccc4OC3)CC2)C1. The standard InChI is InChI=1S/C24H28N2O3S/c27-21-12-24(17-26(14-21)23(28)20-5-10-30-16-20)6-8-25(9-7-24)13-18-11-19-3-1-2-4-22(19)29-15-18/h1-5,10-11,16,21,27H,6-9,12-15,17H2. The summed E-state index contributed by atoms with van der Waals surface area (Å²) >= 11 is 1.54. The first kappa shape index (κ1) is 19.8. The first-order valence-corrected chi connectivity index (χ1v) is 11.7. The van der Waals surface area contributed by atoms with Crippen molar-refractivity contribution in [3.8, 4) is 5.75 Å². The van der Waals surface area contributed by atoms with E-state index in [-0.39, 0.29) is 11.3 Å². The van der Waals surface area contributed by atoms with Gasteiger partial charge in [0.1, 0.15) is 12.4 Å². The summed E-state index contributed by atoms with van der Waals surface area (Å²) < 4.78 is 5.91. The van der Waals surface area contributed by atoms with Gasteiger partial charge in [0.2, 0.25) is 0 Å². The van der Waals surface area contributed by atoms with Gasteiger partial charge >= 0.3 is 0 Å². The Morgan fingerprint density at radius 2 is 2.07 bits per heavy atom. The molecule has 2 aromatic rings. The van der Waals surface area contributed by atoms with Crippen LogP contribution in [0.3, 0.4) is 0 Å². The van der Waals surface area contributed by atoms with Gasteiger partial charge in [0, 0.05) is 30.6 Å². The van der Waals surface area contributed by atoms with Crippen LogP contribution in [0.2, 0.25) is 0 Å². The Morgan fingerprint density at radius 1 is 1.23 bits per heavy atom. The minimum absolute atomic E-state index is 0.0316. The summed E-state index contributed by atoms with van der Waals surface area (Å²) in [4.78, 5) is 17.2. The van der Waals surface area contributed by atoms with Gasteiger partial charge in [-0.15, -0.1) is 0 Å². The Balaban J connectivity index is 1.22. The van der Waals surface area contributed by atoms with Crippen molar-refractivity contribution in [1.82, 2.24) is 9.80 Å². The van der Waals surface area contributed by atoms with Gasteiger partial charge < -0.3 is 14.7 Å². The van der Waals surface area contributed by atoms with Crippen molar-refractivity contribution in [3.63, 3.8) is 0 Å². The lowest BCUT2D eigenvalue weighted by molar-refractivity contribution is -0.0317.